The molecule has 1 aromatic rings. The molecule has 0 spiro atoms. The van der Waals surface area contributed by atoms with Crippen molar-refractivity contribution >= 4 is 22.6 Å². The van der Waals surface area contributed by atoms with Gasteiger partial charge in [0.1, 0.15) is 10.7 Å². The maximum atomic E-state index is 13.3. The Morgan fingerprint density at radius 2 is 2.20 bits per heavy atom. The van der Waals surface area contributed by atoms with E-state index in [4.69, 9.17) is 9.79 Å². The van der Waals surface area contributed by atoms with E-state index < -0.39 is 27.9 Å². The molecule has 15 heavy (non-hydrogen) atoms. The Morgan fingerprint density at radius 3 is 2.80 bits per heavy atom. The molecule has 0 aliphatic carbocycles. The summed E-state index contributed by atoms with van der Waals surface area (Å²) in [5.41, 5.74) is 0.660. The fraction of sp³-hybridized carbons (Fsp3) is 0.143. The summed E-state index contributed by atoms with van der Waals surface area (Å²) in [6, 6.07) is 2.00. The second kappa shape index (κ2) is 3.27. The largest absolute Gasteiger partial charge is 0.491 e. The van der Waals surface area contributed by atoms with Crippen LogP contribution in [0.4, 0.5) is 4.39 Å². The summed E-state index contributed by atoms with van der Waals surface area (Å²) in [6.45, 7) is 0.0410. The Kier molecular flexibility index (Phi) is 2.30. The minimum Gasteiger partial charge on any atom is -0.423 e. The molecular weight excluding hydrogens is 224 g/mol. The van der Waals surface area contributed by atoms with Gasteiger partial charge >= 0.3 is 7.12 Å². The molecule has 0 fully saturated rings. The van der Waals surface area contributed by atoms with Gasteiger partial charge in [-0.3, -0.25) is 0 Å². The lowest BCUT2D eigenvalue weighted by molar-refractivity contribution is 0.275. The Bertz CT molecular complexity index is 518. The second-order valence-corrected chi connectivity index (χ2v) is 4.72. The highest BCUT2D eigenvalue weighted by molar-refractivity contribution is 7.89. The molecule has 0 radical (unpaired) electrons. The first kappa shape index (κ1) is 10.6. The Morgan fingerprint density at radius 1 is 1.53 bits per heavy atom. The second-order valence-electron chi connectivity index (χ2n) is 3.19. The van der Waals surface area contributed by atoms with Gasteiger partial charge in [0, 0.05) is 0 Å². The van der Waals surface area contributed by atoms with E-state index in [2.05, 4.69) is 0 Å². The smallest absolute Gasteiger partial charge is 0.423 e. The molecule has 2 rings (SSSR count). The highest BCUT2D eigenvalue weighted by Gasteiger charge is 2.30. The van der Waals surface area contributed by atoms with Crippen LogP contribution in [-0.4, -0.2) is 20.6 Å². The van der Waals surface area contributed by atoms with Crippen LogP contribution in [0.15, 0.2) is 17.0 Å². The summed E-state index contributed by atoms with van der Waals surface area (Å²) in [7, 11) is -5.29. The number of rotatable bonds is 1. The van der Waals surface area contributed by atoms with E-state index in [1.165, 1.54) is 0 Å². The molecule has 0 aromatic heterocycles. The Labute approximate surface area is 85.9 Å². The SMILES string of the molecule is NS(=O)(=O)c1cc2c(cc1F)B(O)OC2. The quantitative estimate of drug-likeness (QED) is 0.587. The monoisotopic (exact) mass is 231 g/mol. The van der Waals surface area contributed by atoms with Crippen molar-refractivity contribution in [3.05, 3.63) is 23.5 Å². The van der Waals surface area contributed by atoms with Crippen molar-refractivity contribution in [1.29, 1.82) is 0 Å². The van der Waals surface area contributed by atoms with Gasteiger partial charge in [-0.2, -0.15) is 0 Å². The van der Waals surface area contributed by atoms with Gasteiger partial charge in [-0.25, -0.2) is 17.9 Å². The van der Waals surface area contributed by atoms with Crippen LogP contribution in [0.1, 0.15) is 5.56 Å². The number of primary sulfonamides is 1. The fourth-order valence-electron chi connectivity index (χ4n) is 1.44. The number of nitrogens with two attached hydrogens (primary N) is 1. The maximum Gasteiger partial charge on any atom is 0.491 e. The van der Waals surface area contributed by atoms with E-state index in [9.17, 15) is 17.8 Å². The third kappa shape index (κ3) is 1.76. The number of halogens is 1. The first-order valence-corrected chi connectivity index (χ1v) is 5.59. The number of benzene rings is 1. The lowest BCUT2D eigenvalue weighted by Gasteiger charge is -2.03. The molecule has 1 heterocycles. The number of fused-ring (bicyclic) bond motifs is 1. The fourth-order valence-corrected chi connectivity index (χ4v) is 2.08. The van der Waals surface area contributed by atoms with Crippen molar-refractivity contribution in [2.24, 2.45) is 5.14 Å². The average molecular weight is 231 g/mol. The zero-order chi connectivity index (χ0) is 11.2. The van der Waals surface area contributed by atoms with E-state index in [-0.39, 0.29) is 12.1 Å². The first-order chi connectivity index (χ1) is 6.89. The van der Waals surface area contributed by atoms with E-state index in [1.54, 1.807) is 0 Å². The van der Waals surface area contributed by atoms with E-state index in [1.807, 2.05) is 0 Å². The van der Waals surface area contributed by atoms with Gasteiger partial charge in [0.05, 0.1) is 6.61 Å². The van der Waals surface area contributed by atoms with Gasteiger partial charge in [0.2, 0.25) is 10.0 Å². The van der Waals surface area contributed by atoms with Crippen LogP contribution in [0, 0.1) is 5.82 Å². The van der Waals surface area contributed by atoms with E-state index in [0.29, 0.717) is 5.56 Å². The zero-order valence-corrected chi connectivity index (χ0v) is 8.29. The topological polar surface area (TPSA) is 89.6 Å². The summed E-state index contributed by atoms with van der Waals surface area (Å²) < 4.78 is 40.0. The van der Waals surface area contributed by atoms with Gasteiger partial charge in [0.15, 0.2) is 0 Å². The molecule has 0 amide bonds. The molecule has 1 aromatic carbocycles. The van der Waals surface area contributed by atoms with Crippen LogP contribution in [0.5, 0.6) is 0 Å². The van der Waals surface area contributed by atoms with Gasteiger partial charge in [0.25, 0.3) is 0 Å². The Balaban J connectivity index is 2.64. The molecule has 3 N–H and O–H groups in total. The minimum atomic E-state index is -4.08. The zero-order valence-electron chi connectivity index (χ0n) is 7.47. The van der Waals surface area contributed by atoms with Crippen molar-refractivity contribution in [1.82, 2.24) is 0 Å². The van der Waals surface area contributed by atoms with Gasteiger partial charge in [-0.05, 0) is 23.2 Å². The molecule has 0 atom stereocenters. The standard InChI is InChI=1S/C7H7BFNO4S/c9-6-2-5-4(3-14-8(5)11)1-7(6)15(10,12)13/h1-2,11H,3H2,(H2,10,12,13). The van der Waals surface area contributed by atoms with Crippen LogP contribution < -0.4 is 10.6 Å². The van der Waals surface area contributed by atoms with Crippen LogP contribution in [0.2, 0.25) is 0 Å². The average Bonchev–Trinajstić information content (AvgIpc) is 2.45. The molecule has 0 unspecified atom stereocenters. The molecule has 0 bridgehead atoms. The van der Waals surface area contributed by atoms with Crippen molar-refractivity contribution in [2.45, 2.75) is 11.5 Å². The molecule has 0 saturated heterocycles. The molecule has 8 heteroatoms. The van der Waals surface area contributed by atoms with Gasteiger partial charge in [-0.15, -0.1) is 0 Å². The summed E-state index contributed by atoms with van der Waals surface area (Å²) in [5.74, 6) is -0.985. The number of hydrogen-bond acceptors (Lipinski definition) is 4. The molecule has 0 saturated carbocycles. The van der Waals surface area contributed by atoms with Crippen LogP contribution in [-0.2, 0) is 21.3 Å². The summed E-state index contributed by atoms with van der Waals surface area (Å²) in [5, 5.41) is 14.0. The lowest BCUT2D eigenvalue weighted by Crippen LogP contribution is -2.29. The van der Waals surface area contributed by atoms with Gasteiger partial charge < -0.3 is 9.68 Å². The maximum absolute atomic E-state index is 13.3. The summed E-state index contributed by atoms with van der Waals surface area (Å²) >= 11 is 0. The predicted molar refractivity (Wildman–Crippen MR) is 50.2 cm³/mol. The number of sulfonamides is 1. The molecule has 1 aliphatic rings. The molecule has 5 nitrogen and oxygen atoms in total. The van der Waals surface area contributed by atoms with Crippen LogP contribution in [0.3, 0.4) is 0 Å². The normalized spacial score (nSPS) is 15.5. The summed E-state index contributed by atoms with van der Waals surface area (Å²) in [4.78, 5) is -0.584. The molecular formula is C7H7BFNO4S. The molecule has 1 aliphatic heterocycles. The van der Waals surface area contributed by atoms with Gasteiger partial charge in [-0.1, -0.05) is 0 Å². The summed E-state index contributed by atoms with van der Waals surface area (Å²) in [6.07, 6.45) is 0. The minimum absolute atomic E-state index is 0.0410. The third-order valence-corrected chi connectivity index (χ3v) is 3.09. The third-order valence-electron chi connectivity index (χ3n) is 2.16. The molecule has 80 valence electrons. The van der Waals surface area contributed by atoms with E-state index in [0.717, 1.165) is 12.1 Å². The van der Waals surface area contributed by atoms with Crippen LogP contribution in [0.25, 0.3) is 0 Å². The first-order valence-electron chi connectivity index (χ1n) is 4.04. The van der Waals surface area contributed by atoms with Crippen molar-refractivity contribution in [3.63, 3.8) is 0 Å². The Hall–Kier alpha value is -0.955. The number of hydrogen-bond donors (Lipinski definition) is 2. The van der Waals surface area contributed by atoms with E-state index >= 15 is 0 Å². The van der Waals surface area contributed by atoms with Crippen LogP contribution >= 0.6 is 0 Å². The highest BCUT2D eigenvalue weighted by Crippen LogP contribution is 2.18. The van der Waals surface area contributed by atoms with Crippen molar-refractivity contribution in [2.75, 3.05) is 0 Å². The lowest BCUT2D eigenvalue weighted by atomic mass is 9.79. The van der Waals surface area contributed by atoms with Crippen molar-refractivity contribution < 1.29 is 22.5 Å². The van der Waals surface area contributed by atoms with Crippen molar-refractivity contribution in [3.8, 4) is 0 Å². The predicted octanol–water partition coefficient (Wildman–Crippen LogP) is -1.31. The highest BCUT2D eigenvalue weighted by atomic mass is 32.2.